The monoisotopic (exact) mass is 341 g/mol. The van der Waals surface area contributed by atoms with E-state index in [0.29, 0.717) is 12.0 Å². The lowest BCUT2D eigenvalue weighted by Crippen LogP contribution is -2.29. The minimum Gasteiger partial charge on any atom is -0.461 e. The van der Waals surface area contributed by atoms with Crippen molar-refractivity contribution in [3.8, 4) is 0 Å². The van der Waals surface area contributed by atoms with E-state index in [-0.39, 0.29) is 31.8 Å². The van der Waals surface area contributed by atoms with E-state index < -0.39 is 18.0 Å². The molecule has 1 N–H and O–H groups in total. The maximum Gasteiger partial charge on any atom is 0.407 e. The topological polar surface area (TPSA) is 90.9 Å². The van der Waals surface area contributed by atoms with Crippen LogP contribution in [-0.2, 0) is 23.8 Å². The number of rotatable bonds is 9. The molecule has 1 amide bonds. The molecule has 24 heavy (non-hydrogen) atoms. The Balaban J connectivity index is 3.88. The summed E-state index contributed by atoms with van der Waals surface area (Å²) in [6.45, 7) is 11.2. The SMILES string of the molecule is C=CC(=O)OCCNC(=O)OCCOC(=O)/C(=C/C)CC(C)(C)C. The number of hydrogen-bond donors (Lipinski definition) is 1. The van der Waals surface area contributed by atoms with Gasteiger partial charge in [-0.05, 0) is 18.8 Å². The molecule has 0 aliphatic rings. The van der Waals surface area contributed by atoms with E-state index in [9.17, 15) is 14.4 Å². The molecule has 0 saturated carbocycles. The van der Waals surface area contributed by atoms with Gasteiger partial charge in [-0.2, -0.15) is 0 Å². The second kappa shape index (κ2) is 11.3. The lowest BCUT2D eigenvalue weighted by Gasteiger charge is -2.19. The summed E-state index contributed by atoms with van der Waals surface area (Å²) < 4.78 is 14.6. The number of alkyl carbamates (subject to hydrolysis) is 1. The molecule has 0 radical (unpaired) electrons. The van der Waals surface area contributed by atoms with Gasteiger partial charge in [-0.15, -0.1) is 0 Å². The maximum atomic E-state index is 11.9. The zero-order valence-corrected chi connectivity index (χ0v) is 14.8. The summed E-state index contributed by atoms with van der Waals surface area (Å²) in [5, 5.41) is 2.39. The normalized spacial score (nSPS) is 11.4. The van der Waals surface area contributed by atoms with E-state index in [1.54, 1.807) is 13.0 Å². The number of esters is 2. The fraction of sp³-hybridized carbons (Fsp3) is 0.588. The number of nitrogens with one attached hydrogen (secondary N) is 1. The number of carbonyl (C=O) groups is 3. The first kappa shape index (κ1) is 21.7. The molecule has 0 aliphatic heterocycles. The molecular weight excluding hydrogens is 314 g/mol. The first-order valence-electron chi connectivity index (χ1n) is 7.71. The Morgan fingerprint density at radius 1 is 1.04 bits per heavy atom. The highest BCUT2D eigenvalue weighted by Crippen LogP contribution is 2.24. The van der Waals surface area contributed by atoms with Crippen molar-refractivity contribution >= 4 is 18.0 Å². The van der Waals surface area contributed by atoms with Crippen LogP contribution in [0.2, 0.25) is 0 Å². The molecule has 0 rings (SSSR count). The standard InChI is InChI=1S/C17H27NO6/c1-6-13(12-17(3,4)5)15(20)23-10-11-24-16(21)18-8-9-22-14(19)7-2/h6-7H,2,8-12H2,1,3-5H3,(H,18,21)/b13-6+. The van der Waals surface area contributed by atoms with Crippen LogP contribution in [0.1, 0.15) is 34.1 Å². The van der Waals surface area contributed by atoms with Crippen LogP contribution in [0.25, 0.3) is 0 Å². The quantitative estimate of drug-likeness (QED) is 0.300. The lowest BCUT2D eigenvalue weighted by atomic mass is 9.88. The van der Waals surface area contributed by atoms with E-state index in [1.165, 1.54) is 0 Å². The third-order valence-electron chi connectivity index (χ3n) is 2.66. The second-order valence-electron chi connectivity index (χ2n) is 6.12. The third-order valence-corrected chi connectivity index (χ3v) is 2.66. The van der Waals surface area contributed by atoms with Crippen LogP contribution in [0.3, 0.4) is 0 Å². The zero-order valence-electron chi connectivity index (χ0n) is 14.8. The van der Waals surface area contributed by atoms with Crippen molar-refractivity contribution in [1.82, 2.24) is 5.32 Å². The van der Waals surface area contributed by atoms with Crippen molar-refractivity contribution in [3.63, 3.8) is 0 Å². The first-order valence-corrected chi connectivity index (χ1v) is 7.71. The summed E-state index contributed by atoms with van der Waals surface area (Å²) in [6, 6.07) is 0. The molecule has 0 spiro atoms. The van der Waals surface area contributed by atoms with Gasteiger partial charge in [0.15, 0.2) is 0 Å². The van der Waals surface area contributed by atoms with Crippen LogP contribution >= 0.6 is 0 Å². The van der Waals surface area contributed by atoms with Gasteiger partial charge in [0.2, 0.25) is 0 Å². The van der Waals surface area contributed by atoms with Gasteiger partial charge in [-0.25, -0.2) is 14.4 Å². The van der Waals surface area contributed by atoms with Gasteiger partial charge in [0.05, 0.1) is 6.54 Å². The van der Waals surface area contributed by atoms with Crippen molar-refractivity contribution in [3.05, 3.63) is 24.3 Å². The second-order valence-corrected chi connectivity index (χ2v) is 6.12. The first-order chi connectivity index (χ1) is 11.2. The van der Waals surface area contributed by atoms with Crippen LogP contribution in [-0.4, -0.2) is 44.4 Å². The average molecular weight is 341 g/mol. The molecular formula is C17H27NO6. The largest absolute Gasteiger partial charge is 0.461 e. The van der Waals surface area contributed by atoms with E-state index in [0.717, 1.165) is 6.08 Å². The Kier molecular flexibility index (Phi) is 10.2. The van der Waals surface area contributed by atoms with Crippen LogP contribution in [0.15, 0.2) is 24.3 Å². The molecule has 7 heteroatoms. The number of allylic oxidation sites excluding steroid dienone is 1. The zero-order chi connectivity index (χ0) is 18.6. The van der Waals surface area contributed by atoms with Gasteiger partial charge >= 0.3 is 18.0 Å². The Hall–Kier alpha value is -2.31. The molecule has 0 aliphatic carbocycles. The number of ether oxygens (including phenoxy) is 3. The molecule has 7 nitrogen and oxygen atoms in total. The van der Waals surface area contributed by atoms with Crippen LogP contribution in [0.4, 0.5) is 4.79 Å². The van der Waals surface area contributed by atoms with Crippen molar-refractivity contribution in [2.24, 2.45) is 5.41 Å². The minimum absolute atomic E-state index is 0.0202. The summed E-state index contributed by atoms with van der Waals surface area (Å²) >= 11 is 0. The summed E-state index contributed by atoms with van der Waals surface area (Å²) in [5.41, 5.74) is 0.572. The van der Waals surface area contributed by atoms with Gasteiger partial charge in [-0.1, -0.05) is 33.4 Å². The molecule has 0 unspecified atom stereocenters. The molecule has 0 fully saturated rings. The number of carbonyl (C=O) groups excluding carboxylic acids is 3. The Bertz CT molecular complexity index is 476. The molecule has 0 aromatic carbocycles. The summed E-state index contributed by atoms with van der Waals surface area (Å²) in [7, 11) is 0. The summed E-state index contributed by atoms with van der Waals surface area (Å²) in [5.74, 6) is -0.972. The molecule has 0 saturated heterocycles. The Labute approximate surface area is 143 Å². The molecule has 0 bridgehead atoms. The highest BCUT2D eigenvalue weighted by atomic mass is 16.6. The van der Waals surface area contributed by atoms with E-state index >= 15 is 0 Å². The third kappa shape index (κ3) is 11.3. The van der Waals surface area contributed by atoms with Gasteiger partial charge < -0.3 is 19.5 Å². The van der Waals surface area contributed by atoms with Crippen LogP contribution < -0.4 is 5.32 Å². The molecule has 0 heterocycles. The smallest absolute Gasteiger partial charge is 0.407 e. The highest BCUT2D eigenvalue weighted by Gasteiger charge is 2.18. The van der Waals surface area contributed by atoms with Gasteiger partial charge in [-0.3, -0.25) is 0 Å². The van der Waals surface area contributed by atoms with E-state index in [1.807, 2.05) is 20.8 Å². The van der Waals surface area contributed by atoms with Crippen molar-refractivity contribution in [2.75, 3.05) is 26.4 Å². The van der Waals surface area contributed by atoms with Crippen molar-refractivity contribution in [1.29, 1.82) is 0 Å². The number of amides is 1. The summed E-state index contributed by atoms with van der Waals surface area (Å²) in [4.78, 5) is 34.0. The number of hydrogen-bond acceptors (Lipinski definition) is 6. The summed E-state index contributed by atoms with van der Waals surface area (Å²) in [6.07, 6.45) is 2.69. The van der Waals surface area contributed by atoms with Gasteiger partial charge in [0, 0.05) is 11.6 Å². The molecule has 0 aromatic rings. The Morgan fingerprint density at radius 2 is 1.67 bits per heavy atom. The maximum absolute atomic E-state index is 11.9. The fourth-order valence-electron chi connectivity index (χ4n) is 1.64. The Morgan fingerprint density at radius 3 is 2.21 bits per heavy atom. The van der Waals surface area contributed by atoms with Crippen LogP contribution in [0, 0.1) is 5.41 Å². The lowest BCUT2D eigenvalue weighted by molar-refractivity contribution is -0.140. The predicted octanol–water partition coefficient (Wildman–Crippen LogP) is 2.37. The van der Waals surface area contributed by atoms with E-state index in [4.69, 9.17) is 9.47 Å². The molecule has 0 atom stereocenters. The van der Waals surface area contributed by atoms with Gasteiger partial charge in [0.25, 0.3) is 0 Å². The van der Waals surface area contributed by atoms with Crippen molar-refractivity contribution < 1.29 is 28.6 Å². The molecule has 136 valence electrons. The molecule has 0 aromatic heterocycles. The van der Waals surface area contributed by atoms with Crippen molar-refractivity contribution in [2.45, 2.75) is 34.1 Å². The fourth-order valence-corrected chi connectivity index (χ4v) is 1.64. The van der Waals surface area contributed by atoms with Crippen LogP contribution in [0.5, 0.6) is 0 Å². The van der Waals surface area contributed by atoms with Gasteiger partial charge in [0.1, 0.15) is 19.8 Å². The predicted molar refractivity (Wildman–Crippen MR) is 89.3 cm³/mol. The van der Waals surface area contributed by atoms with E-state index in [2.05, 4.69) is 16.6 Å². The minimum atomic E-state index is -0.679. The average Bonchev–Trinajstić information content (AvgIpc) is 2.51. The highest BCUT2D eigenvalue weighted by molar-refractivity contribution is 5.88.